The second kappa shape index (κ2) is 5.31. The van der Waals surface area contributed by atoms with E-state index in [-0.39, 0.29) is 12.8 Å². The fraction of sp³-hybridized carbons (Fsp3) is 0.571. The van der Waals surface area contributed by atoms with Crippen LogP contribution in [0.15, 0.2) is 18.2 Å². The van der Waals surface area contributed by atoms with Gasteiger partial charge in [-0.15, -0.1) is 0 Å². The first-order valence-corrected chi connectivity index (χ1v) is 5.98. The number of benzene rings is 1. The van der Waals surface area contributed by atoms with Gasteiger partial charge in [-0.1, -0.05) is 29.3 Å². The maximum Gasteiger partial charge on any atom is 0.389 e. The van der Waals surface area contributed by atoms with E-state index in [0.717, 1.165) is 11.1 Å². The second-order valence-corrected chi connectivity index (χ2v) is 5.12. The fourth-order valence-electron chi connectivity index (χ4n) is 2.06. The molecule has 0 aliphatic rings. The third kappa shape index (κ3) is 4.69. The van der Waals surface area contributed by atoms with Crippen LogP contribution < -0.4 is 0 Å². The van der Waals surface area contributed by atoms with Crippen molar-refractivity contribution in [3.63, 3.8) is 0 Å². The first-order chi connectivity index (χ1) is 8.10. The highest BCUT2D eigenvalue weighted by Gasteiger charge is 2.29. The minimum absolute atomic E-state index is 0.0660. The summed E-state index contributed by atoms with van der Waals surface area (Å²) in [5.41, 5.74) is 1.48. The Morgan fingerprint density at radius 2 is 1.50 bits per heavy atom. The van der Waals surface area contributed by atoms with Crippen LogP contribution in [0.5, 0.6) is 0 Å². The van der Waals surface area contributed by atoms with E-state index in [1.807, 2.05) is 32.0 Å². The van der Waals surface area contributed by atoms with E-state index < -0.39 is 18.2 Å². The Bertz CT molecular complexity index is 388. The third-order valence-electron chi connectivity index (χ3n) is 2.97. The highest BCUT2D eigenvalue weighted by molar-refractivity contribution is 5.32. The summed E-state index contributed by atoms with van der Waals surface area (Å²) >= 11 is 0. The van der Waals surface area contributed by atoms with Crippen LogP contribution in [0.4, 0.5) is 13.2 Å². The van der Waals surface area contributed by atoms with Crippen molar-refractivity contribution in [1.82, 2.24) is 0 Å². The molecule has 0 aliphatic carbocycles. The van der Waals surface area contributed by atoms with E-state index in [4.69, 9.17) is 0 Å². The van der Waals surface area contributed by atoms with Crippen LogP contribution in [-0.2, 0) is 5.60 Å². The molecule has 1 nitrogen and oxygen atoms in total. The lowest BCUT2D eigenvalue weighted by atomic mass is 9.88. The molecule has 0 aliphatic heterocycles. The largest absolute Gasteiger partial charge is 0.389 e. The minimum atomic E-state index is -4.15. The smallest absolute Gasteiger partial charge is 0.385 e. The highest BCUT2D eigenvalue weighted by atomic mass is 19.4. The monoisotopic (exact) mass is 260 g/mol. The van der Waals surface area contributed by atoms with E-state index in [9.17, 15) is 18.3 Å². The average molecular weight is 260 g/mol. The summed E-state index contributed by atoms with van der Waals surface area (Å²) in [6.45, 7) is 5.38. The third-order valence-corrected chi connectivity index (χ3v) is 2.97. The van der Waals surface area contributed by atoms with Crippen molar-refractivity contribution in [2.45, 2.75) is 51.8 Å². The molecule has 0 heterocycles. The van der Waals surface area contributed by atoms with Gasteiger partial charge in [0, 0.05) is 6.42 Å². The standard InChI is InChI=1S/C14H19F3O/c1-10-7-11(2)9-12(8-10)13(3,18)5-4-6-14(15,16)17/h7-9,18H,4-6H2,1-3H3. The van der Waals surface area contributed by atoms with Gasteiger partial charge >= 0.3 is 6.18 Å². The summed E-state index contributed by atoms with van der Waals surface area (Å²) in [7, 11) is 0. The van der Waals surface area contributed by atoms with Gasteiger partial charge in [-0.2, -0.15) is 13.2 Å². The van der Waals surface area contributed by atoms with E-state index in [0.29, 0.717) is 5.56 Å². The van der Waals surface area contributed by atoms with Gasteiger partial charge in [0.25, 0.3) is 0 Å². The summed E-state index contributed by atoms with van der Waals surface area (Å²) in [5, 5.41) is 10.3. The van der Waals surface area contributed by atoms with Gasteiger partial charge in [0.1, 0.15) is 0 Å². The van der Waals surface area contributed by atoms with Crippen molar-refractivity contribution in [2.75, 3.05) is 0 Å². The molecule has 1 unspecified atom stereocenters. The molecule has 0 spiro atoms. The SMILES string of the molecule is Cc1cc(C)cc(C(C)(O)CCCC(F)(F)F)c1. The number of halogens is 3. The summed E-state index contributed by atoms with van der Waals surface area (Å²) in [6.07, 6.45) is -4.97. The zero-order valence-electron chi connectivity index (χ0n) is 10.9. The molecule has 1 aromatic carbocycles. The van der Waals surface area contributed by atoms with Crippen LogP contribution in [0.2, 0.25) is 0 Å². The number of alkyl halides is 3. The molecular formula is C14H19F3O. The van der Waals surface area contributed by atoms with Gasteiger partial charge in [0.05, 0.1) is 5.60 Å². The molecule has 4 heteroatoms. The number of aliphatic hydroxyl groups is 1. The van der Waals surface area contributed by atoms with Gasteiger partial charge in [-0.05, 0) is 39.2 Å². The lowest BCUT2D eigenvalue weighted by Crippen LogP contribution is -2.22. The van der Waals surface area contributed by atoms with Crippen LogP contribution >= 0.6 is 0 Å². The van der Waals surface area contributed by atoms with E-state index in [2.05, 4.69) is 0 Å². The van der Waals surface area contributed by atoms with Crippen LogP contribution in [0, 0.1) is 13.8 Å². The van der Waals surface area contributed by atoms with Crippen molar-refractivity contribution in [2.24, 2.45) is 0 Å². The van der Waals surface area contributed by atoms with Crippen LogP contribution in [0.25, 0.3) is 0 Å². The quantitative estimate of drug-likeness (QED) is 0.858. The number of hydrogen-bond acceptors (Lipinski definition) is 1. The molecule has 0 amide bonds. The molecule has 1 rings (SSSR count). The Balaban J connectivity index is 2.73. The van der Waals surface area contributed by atoms with E-state index in [1.54, 1.807) is 6.92 Å². The van der Waals surface area contributed by atoms with Crippen LogP contribution in [0.1, 0.15) is 42.9 Å². The number of aryl methyl sites for hydroxylation is 2. The molecule has 0 radical (unpaired) electrons. The molecule has 0 fully saturated rings. The van der Waals surface area contributed by atoms with Crippen LogP contribution in [0.3, 0.4) is 0 Å². The summed E-state index contributed by atoms with van der Waals surface area (Å²) in [5.74, 6) is 0. The lowest BCUT2D eigenvalue weighted by Gasteiger charge is -2.25. The minimum Gasteiger partial charge on any atom is -0.385 e. The first kappa shape index (κ1) is 15.0. The Hall–Kier alpha value is -1.03. The predicted octanol–water partition coefficient (Wildman–Crippen LogP) is 4.24. The van der Waals surface area contributed by atoms with Gasteiger partial charge < -0.3 is 5.11 Å². The Morgan fingerprint density at radius 3 is 1.94 bits per heavy atom. The molecule has 1 aromatic rings. The Kier molecular flexibility index (Phi) is 4.43. The van der Waals surface area contributed by atoms with Crippen LogP contribution in [-0.4, -0.2) is 11.3 Å². The molecule has 18 heavy (non-hydrogen) atoms. The van der Waals surface area contributed by atoms with E-state index in [1.165, 1.54) is 0 Å². The number of rotatable bonds is 4. The van der Waals surface area contributed by atoms with Crippen molar-refractivity contribution < 1.29 is 18.3 Å². The molecule has 0 saturated carbocycles. The molecule has 102 valence electrons. The highest BCUT2D eigenvalue weighted by Crippen LogP contribution is 2.31. The molecule has 0 aromatic heterocycles. The Morgan fingerprint density at radius 1 is 1.00 bits per heavy atom. The summed E-state index contributed by atoms with van der Waals surface area (Å²) in [6, 6.07) is 5.61. The fourth-order valence-corrected chi connectivity index (χ4v) is 2.06. The zero-order valence-corrected chi connectivity index (χ0v) is 10.9. The van der Waals surface area contributed by atoms with Gasteiger partial charge in [-0.25, -0.2) is 0 Å². The van der Waals surface area contributed by atoms with Crippen molar-refractivity contribution in [3.05, 3.63) is 34.9 Å². The average Bonchev–Trinajstić information content (AvgIpc) is 2.13. The zero-order chi connectivity index (χ0) is 14.0. The maximum atomic E-state index is 12.1. The van der Waals surface area contributed by atoms with Crippen molar-refractivity contribution in [3.8, 4) is 0 Å². The van der Waals surface area contributed by atoms with Gasteiger partial charge in [-0.3, -0.25) is 0 Å². The molecule has 0 bridgehead atoms. The van der Waals surface area contributed by atoms with Crippen molar-refractivity contribution in [1.29, 1.82) is 0 Å². The maximum absolute atomic E-state index is 12.1. The van der Waals surface area contributed by atoms with Gasteiger partial charge in [0.2, 0.25) is 0 Å². The first-order valence-electron chi connectivity index (χ1n) is 5.98. The lowest BCUT2D eigenvalue weighted by molar-refractivity contribution is -0.137. The predicted molar refractivity (Wildman–Crippen MR) is 65.4 cm³/mol. The second-order valence-electron chi connectivity index (χ2n) is 5.12. The molecule has 0 saturated heterocycles. The molecule has 1 N–H and O–H groups in total. The Labute approximate surface area is 106 Å². The molecule has 1 atom stereocenters. The van der Waals surface area contributed by atoms with Crippen molar-refractivity contribution >= 4 is 0 Å². The number of hydrogen-bond donors (Lipinski definition) is 1. The van der Waals surface area contributed by atoms with Gasteiger partial charge in [0.15, 0.2) is 0 Å². The summed E-state index contributed by atoms with van der Waals surface area (Å²) in [4.78, 5) is 0. The summed E-state index contributed by atoms with van der Waals surface area (Å²) < 4.78 is 36.2. The van der Waals surface area contributed by atoms with E-state index >= 15 is 0 Å². The topological polar surface area (TPSA) is 20.2 Å². The molecular weight excluding hydrogens is 241 g/mol. The normalized spacial score (nSPS) is 15.5.